The van der Waals surface area contributed by atoms with Crippen LogP contribution in [0.3, 0.4) is 0 Å². The lowest BCUT2D eigenvalue weighted by Gasteiger charge is -2.14. The highest BCUT2D eigenvalue weighted by molar-refractivity contribution is 8.26. The molecule has 0 saturated carbocycles. The maximum atomic E-state index is 12.4. The van der Waals surface area contributed by atoms with Gasteiger partial charge >= 0.3 is 0 Å². The van der Waals surface area contributed by atoms with Crippen molar-refractivity contribution in [3.8, 4) is 0 Å². The Labute approximate surface area is 152 Å². The monoisotopic (exact) mass is 375 g/mol. The molecule has 0 aromatic carbocycles. The normalized spacial score (nSPS) is 16.0. The highest BCUT2D eigenvalue weighted by Gasteiger charge is 2.32. The molecule has 3 heterocycles. The van der Waals surface area contributed by atoms with Crippen molar-refractivity contribution in [2.24, 2.45) is 0 Å². The first-order valence-electron chi connectivity index (χ1n) is 7.12. The molecule has 1 saturated heterocycles. The molecule has 1 aliphatic rings. The van der Waals surface area contributed by atoms with Crippen LogP contribution in [0, 0.1) is 0 Å². The van der Waals surface area contributed by atoms with Crippen molar-refractivity contribution in [2.75, 3.05) is 11.9 Å². The first-order valence-corrected chi connectivity index (χ1v) is 9.22. The average Bonchev–Trinajstić information content (AvgIpc) is 3.16. The molecular formula is C16H13N3O2S3. The summed E-state index contributed by atoms with van der Waals surface area (Å²) in [6.07, 6.45) is 5.21. The van der Waals surface area contributed by atoms with Crippen LogP contribution in [-0.4, -0.2) is 32.6 Å². The molecule has 1 N–H and O–H groups in total. The van der Waals surface area contributed by atoms with Gasteiger partial charge in [-0.05, 0) is 29.7 Å². The van der Waals surface area contributed by atoms with Crippen LogP contribution in [0.1, 0.15) is 11.3 Å². The molecule has 2 aromatic heterocycles. The van der Waals surface area contributed by atoms with Gasteiger partial charge in [0.2, 0.25) is 5.91 Å². The Bertz CT molecular complexity index is 788. The van der Waals surface area contributed by atoms with E-state index in [1.54, 1.807) is 35.9 Å². The number of carbonyl (C=O) groups is 2. The molecule has 122 valence electrons. The van der Waals surface area contributed by atoms with Crippen LogP contribution in [0.5, 0.6) is 0 Å². The number of thiophene rings is 1. The zero-order valence-corrected chi connectivity index (χ0v) is 14.9. The molecule has 0 aliphatic carbocycles. The lowest BCUT2D eigenvalue weighted by Crippen LogP contribution is -2.31. The summed E-state index contributed by atoms with van der Waals surface area (Å²) in [5.74, 6) is -0.327. The van der Waals surface area contributed by atoms with Gasteiger partial charge in [0.1, 0.15) is 4.32 Å². The summed E-state index contributed by atoms with van der Waals surface area (Å²) < 4.78 is 0.483. The number of anilines is 1. The summed E-state index contributed by atoms with van der Waals surface area (Å²) in [6.45, 7) is 0.262. The molecule has 0 unspecified atom stereocenters. The minimum atomic E-state index is -0.181. The number of aromatic nitrogens is 1. The van der Waals surface area contributed by atoms with Crippen LogP contribution in [-0.2, 0) is 9.59 Å². The molecule has 5 nitrogen and oxygen atoms in total. The molecule has 1 fully saturated rings. The lowest BCUT2D eigenvalue weighted by molar-refractivity contribution is -0.122. The summed E-state index contributed by atoms with van der Waals surface area (Å²) in [7, 11) is 0. The average molecular weight is 376 g/mol. The van der Waals surface area contributed by atoms with Gasteiger partial charge in [-0.3, -0.25) is 19.5 Å². The van der Waals surface area contributed by atoms with Crippen LogP contribution in [0.2, 0.25) is 0 Å². The number of thioether (sulfide) groups is 1. The van der Waals surface area contributed by atoms with Gasteiger partial charge in [0.15, 0.2) is 0 Å². The molecular weight excluding hydrogens is 362 g/mol. The van der Waals surface area contributed by atoms with Crippen LogP contribution in [0.4, 0.5) is 5.69 Å². The molecule has 8 heteroatoms. The van der Waals surface area contributed by atoms with Crippen molar-refractivity contribution in [3.05, 3.63) is 51.8 Å². The van der Waals surface area contributed by atoms with E-state index in [9.17, 15) is 9.59 Å². The van der Waals surface area contributed by atoms with E-state index in [0.717, 1.165) is 4.88 Å². The Balaban J connectivity index is 1.58. The molecule has 2 amide bonds. The molecule has 0 spiro atoms. The minimum Gasteiger partial charge on any atom is -0.325 e. The van der Waals surface area contributed by atoms with Crippen LogP contribution in [0.25, 0.3) is 6.08 Å². The van der Waals surface area contributed by atoms with Crippen molar-refractivity contribution in [3.63, 3.8) is 0 Å². The number of hydrogen-bond donors (Lipinski definition) is 1. The Morgan fingerprint density at radius 2 is 2.25 bits per heavy atom. The van der Waals surface area contributed by atoms with Crippen molar-refractivity contribution in [1.82, 2.24) is 9.88 Å². The summed E-state index contributed by atoms with van der Waals surface area (Å²) in [6, 6.07) is 7.37. The fraction of sp³-hybridized carbons (Fsp3) is 0.125. The predicted molar refractivity (Wildman–Crippen MR) is 102 cm³/mol. The Kier molecular flexibility index (Phi) is 5.39. The standard InChI is InChI=1S/C16H13N3O2S3/c20-14(18-11-3-1-6-17-10-11)5-7-19-15(21)13(24-16(19)22)9-12-4-2-8-23-12/h1-4,6,8-10H,5,7H2,(H,18,20)/b13-9+. The third kappa shape index (κ3) is 4.08. The number of amides is 2. The van der Waals surface area contributed by atoms with E-state index in [4.69, 9.17) is 12.2 Å². The number of nitrogens with one attached hydrogen (secondary N) is 1. The first-order chi connectivity index (χ1) is 11.6. The lowest BCUT2D eigenvalue weighted by atomic mass is 10.3. The van der Waals surface area contributed by atoms with E-state index < -0.39 is 0 Å². The quantitative estimate of drug-likeness (QED) is 0.641. The zero-order valence-electron chi connectivity index (χ0n) is 12.5. The second-order valence-electron chi connectivity index (χ2n) is 4.89. The van der Waals surface area contributed by atoms with Crippen LogP contribution < -0.4 is 5.32 Å². The number of hydrogen-bond acceptors (Lipinski definition) is 6. The maximum Gasteiger partial charge on any atom is 0.266 e. The van der Waals surface area contributed by atoms with E-state index in [-0.39, 0.29) is 24.8 Å². The van der Waals surface area contributed by atoms with Gasteiger partial charge in [0.05, 0.1) is 16.8 Å². The van der Waals surface area contributed by atoms with E-state index in [0.29, 0.717) is 14.9 Å². The summed E-state index contributed by atoms with van der Waals surface area (Å²) in [4.78, 5) is 31.4. The number of thiocarbonyl (C=S) groups is 1. The number of rotatable bonds is 5. The maximum absolute atomic E-state index is 12.4. The predicted octanol–water partition coefficient (Wildman–Crippen LogP) is 3.37. The SMILES string of the molecule is O=C(CCN1C(=O)/C(=C\c2cccs2)SC1=S)Nc1cccnc1. The molecule has 0 bridgehead atoms. The summed E-state index contributed by atoms with van der Waals surface area (Å²) >= 11 is 8.09. The molecule has 3 rings (SSSR count). The summed E-state index contributed by atoms with van der Waals surface area (Å²) in [5.41, 5.74) is 0.630. The fourth-order valence-corrected chi connectivity index (χ4v) is 4.10. The molecule has 2 aromatic rings. The van der Waals surface area contributed by atoms with Crippen LogP contribution >= 0.6 is 35.3 Å². The Hall–Kier alpha value is -2.03. The highest BCUT2D eigenvalue weighted by atomic mass is 32.2. The second-order valence-corrected chi connectivity index (χ2v) is 7.54. The van der Waals surface area contributed by atoms with Gasteiger partial charge in [-0.1, -0.05) is 30.0 Å². The summed E-state index contributed by atoms with van der Waals surface area (Å²) in [5, 5.41) is 4.69. The first kappa shape index (κ1) is 16.8. The largest absolute Gasteiger partial charge is 0.325 e. The fourth-order valence-electron chi connectivity index (χ4n) is 2.07. The third-order valence-corrected chi connectivity index (χ3v) is 5.39. The van der Waals surface area contributed by atoms with Crippen molar-refractivity contribution < 1.29 is 9.59 Å². The van der Waals surface area contributed by atoms with Gasteiger partial charge in [-0.15, -0.1) is 11.3 Å². The smallest absolute Gasteiger partial charge is 0.266 e. The van der Waals surface area contributed by atoms with Gasteiger partial charge in [0, 0.05) is 24.0 Å². The van der Waals surface area contributed by atoms with Crippen molar-refractivity contribution >= 4 is 63.2 Å². The molecule has 24 heavy (non-hydrogen) atoms. The van der Waals surface area contributed by atoms with Crippen molar-refractivity contribution in [2.45, 2.75) is 6.42 Å². The molecule has 0 radical (unpaired) electrons. The molecule has 0 atom stereocenters. The van der Waals surface area contributed by atoms with E-state index in [2.05, 4.69) is 10.3 Å². The number of nitrogens with zero attached hydrogens (tertiary/aromatic N) is 2. The molecule has 1 aliphatic heterocycles. The number of pyridine rings is 1. The van der Waals surface area contributed by atoms with Crippen LogP contribution in [0.15, 0.2) is 46.9 Å². The van der Waals surface area contributed by atoms with Gasteiger partial charge in [-0.25, -0.2) is 0 Å². The Morgan fingerprint density at radius 1 is 1.38 bits per heavy atom. The van der Waals surface area contributed by atoms with Gasteiger partial charge in [0.25, 0.3) is 5.91 Å². The van der Waals surface area contributed by atoms with Crippen molar-refractivity contribution in [1.29, 1.82) is 0 Å². The van der Waals surface area contributed by atoms with E-state index in [1.165, 1.54) is 16.7 Å². The number of carbonyl (C=O) groups excluding carboxylic acids is 2. The Morgan fingerprint density at radius 3 is 2.96 bits per heavy atom. The highest BCUT2D eigenvalue weighted by Crippen LogP contribution is 2.33. The topological polar surface area (TPSA) is 62.3 Å². The van der Waals surface area contributed by atoms with Gasteiger partial charge < -0.3 is 5.32 Å². The minimum absolute atomic E-state index is 0.146. The zero-order chi connectivity index (χ0) is 16.9. The van der Waals surface area contributed by atoms with E-state index >= 15 is 0 Å². The van der Waals surface area contributed by atoms with E-state index in [1.807, 2.05) is 23.6 Å². The van der Waals surface area contributed by atoms with Gasteiger partial charge in [-0.2, -0.15) is 0 Å². The third-order valence-electron chi connectivity index (χ3n) is 3.20. The second kappa shape index (κ2) is 7.69.